The Morgan fingerprint density at radius 2 is 1.78 bits per heavy atom. The van der Waals surface area contributed by atoms with E-state index in [1.54, 1.807) is 7.11 Å². The minimum absolute atomic E-state index is 0.685. The zero-order chi connectivity index (χ0) is 16.4. The SMILES string of the molecule is COc1ccc(-c2cnc(NCc3cnc(C)n3C)n2C)cc1. The van der Waals surface area contributed by atoms with Gasteiger partial charge in [0.1, 0.15) is 11.6 Å². The van der Waals surface area contributed by atoms with Crippen LogP contribution >= 0.6 is 0 Å². The summed E-state index contributed by atoms with van der Waals surface area (Å²) < 4.78 is 9.31. The summed E-state index contributed by atoms with van der Waals surface area (Å²) in [6, 6.07) is 7.97. The van der Waals surface area contributed by atoms with E-state index in [9.17, 15) is 0 Å². The predicted octanol–water partition coefficient (Wildman–Crippen LogP) is 2.75. The average molecular weight is 311 g/mol. The fourth-order valence-electron chi connectivity index (χ4n) is 2.49. The van der Waals surface area contributed by atoms with Crippen molar-refractivity contribution < 1.29 is 4.74 Å². The summed E-state index contributed by atoms with van der Waals surface area (Å²) in [6.45, 7) is 2.68. The molecule has 0 radical (unpaired) electrons. The van der Waals surface area contributed by atoms with Crippen molar-refractivity contribution in [2.24, 2.45) is 14.1 Å². The lowest BCUT2D eigenvalue weighted by Crippen LogP contribution is -2.09. The third-order valence-electron chi connectivity index (χ3n) is 4.12. The van der Waals surface area contributed by atoms with Gasteiger partial charge in [0.15, 0.2) is 0 Å². The first-order chi connectivity index (χ1) is 11.1. The smallest absolute Gasteiger partial charge is 0.203 e. The van der Waals surface area contributed by atoms with Crippen molar-refractivity contribution >= 4 is 5.95 Å². The lowest BCUT2D eigenvalue weighted by Gasteiger charge is -2.09. The number of nitrogens with one attached hydrogen (secondary N) is 1. The maximum atomic E-state index is 5.20. The van der Waals surface area contributed by atoms with Crippen LogP contribution in [0.15, 0.2) is 36.7 Å². The molecule has 0 aliphatic rings. The highest BCUT2D eigenvalue weighted by Gasteiger charge is 2.09. The Morgan fingerprint density at radius 3 is 2.39 bits per heavy atom. The summed E-state index contributed by atoms with van der Waals surface area (Å²) in [5, 5.41) is 3.36. The van der Waals surface area contributed by atoms with Gasteiger partial charge in [0.25, 0.3) is 0 Å². The average Bonchev–Trinajstić information content (AvgIpc) is 3.09. The maximum Gasteiger partial charge on any atom is 0.203 e. The van der Waals surface area contributed by atoms with Crippen molar-refractivity contribution in [3.8, 4) is 17.0 Å². The number of anilines is 1. The number of benzene rings is 1. The molecule has 0 saturated carbocycles. The number of hydrogen-bond acceptors (Lipinski definition) is 4. The molecule has 0 aliphatic heterocycles. The highest BCUT2D eigenvalue weighted by Crippen LogP contribution is 2.24. The molecule has 0 aliphatic carbocycles. The van der Waals surface area contributed by atoms with E-state index in [1.165, 1.54) is 0 Å². The fourth-order valence-corrected chi connectivity index (χ4v) is 2.49. The van der Waals surface area contributed by atoms with Gasteiger partial charge >= 0.3 is 0 Å². The highest BCUT2D eigenvalue weighted by atomic mass is 16.5. The molecule has 1 N–H and O–H groups in total. The van der Waals surface area contributed by atoms with E-state index in [0.29, 0.717) is 6.54 Å². The largest absolute Gasteiger partial charge is 0.497 e. The lowest BCUT2D eigenvalue weighted by atomic mass is 10.1. The number of hydrogen-bond donors (Lipinski definition) is 1. The van der Waals surface area contributed by atoms with Crippen LogP contribution in [0, 0.1) is 6.92 Å². The number of methoxy groups -OCH3 is 1. The quantitative estimate of drug-likeness (QED) is 0.787. The zero-order valence-electron chi connectivity index (χ0n) is 13.9. The van der Waals surface area contributed by atoms with E-state index in [2.05, 4.69) is 19.9 Å². The van der Waals surface area contributed by atoms with Gasteiger partial charge in [-0.1, -0.05) is 0 Å². The third-order valence-corrected chi connectivity index (χ3v) is 4.12. The van der Waals surface area contributed by atoms with Gasteiger partial charge in [-0.15, -0.1) is 0 Å². The summed E-state index contributed by atoms with van der Waals surface area (Å²) in [4.78, 5) is 8.78. The molecule has 120 valence electrons. The van der Waals surface area contributed by atoms with E-state index >= 15 is 0 Å². The molecule has 2 aromatic heterocycles. The van der Waals surface area contributed by atoms with Crippen molar-refractivity contribution in [1.82, 2.24) is 19.1 Å². The van der Waals surface area contributed by atoms with Gasteiger partial charge in [-0.25, -0.2) is 9.97 Å². The second-order valence-corrected chi connectivity index (χ2v) is 5.46. The molecule has 0 amide bonds. The molecule has 2 heterocycles. The molecule has 3 aromatic rings. The van der Waals surface area contributed by atoms with E-state index in [4.69, 9.17) is 4.74 Å². The van der Waals surface area contributed by atoms with Gasteiger partial charge in [-0.05, 0) is 31.2 Å². The Labute approximate surface area is 135 Å². The molecule has 0 bridgehead atoms. The van der Waals surface area contributed by atoms with Crippen LogP contribution in [0.4, 0.5) is 5.95 Å². The monoisotopic (exact) mass is 311 g/mol. The molecule has 1 aromatic carbocycles. The van der Waals surface area contributed by atoms with Crippen LogP contribution < -0.4 is 10.1 Å². The molecular formula is C17H21N5O. The van der Waals surface area contributed by atoms with Crippen LogP contribution in [0.5, 0.6) is 5.75 Å². The molecule has 0 unspecified atom stereocenters. The number of aromatic nitrogens is 4. The van der Waals surface area contributed by atoms with E-state index < -0.39 is 0 Å². The summed E-state index contributed by atoms with van der Waals surface area (Å²) in [5.74, 6) is 2.68. The van der Waals surface area contributed by atoms with E-state index in [-0.39, 0.29) is 0 Å². The first-order valence-electron chi connectivity index (χ1n) is 7.47. The molecule has 6 nitrogen and oxygen atoms in total. The van der Waals surface area contributed by atoms with Crippen molar-refractivity contribution in [1.29, 1.82) is 0 Å². The van der Waals surface area contributed by atoms with Gasteiger partial charge in [-0.3, -0.25) is 0 Å². The Kier molecular flexibility index (Phi) is 4.06. The van der Waals surface area contributed by atoms with Crippen molar-refractivity contribution in [2.75, 3.05) is 12.4 Å². The maximum absolute atomic E-state index is 5.20. The molecule has 0 atom stereocenters. The summed E-state index contributed by atoms with van der Waals surface area (Å²) in [5.41, 5.74) is 3.28. The number of rotatable bonds is 5. The van der Waals surface area contributed by atoms with Crippen LogP contribution in [-0.4, -0.2) is 26.2 Å². The molecule has 3 rings (SSSR count). The van der Waals surface area contributed by atoms with Crippen LogP contribution in [-0.2, 0) is 20.6 Å². The highest BCUT2D eigenvalue weighted by molar-refractivity contribution is 5.62. The van der Waals surface area contributed by atoms with Crippen LogP contribution in [0.25, 0.3) is 11.3 Å². The topological polar surface area (TPSA) is 56.9 Å². The molecule has 6 heteroatoms. The fraction of sp³-hybridized carbons (Fsp3) is 0.294. The van der Waals surface area contributed by atoms with Gasteiger partial charge in [0.05, 0.1) is 37.4 Å². The summed E-state index contributed by atoms with van der Waals surface area (Å²) >= 11 is 0. The lowest BCUT2D eigenvalue weighted by molar-refractivity contribution is 0.415. The van der Waals surface area contributed by atoms with E-state index in [0.717, 1.165) is 34.5 Å². The Balaban J connectivity index is 1.77. The van der Waals surface area contributed by atoms with Crippen molar-refractivity contribution in [2.45, 2.75) is 13.5 Å². The van der Waals surface area contributed by atoms with E-state index in [1.807, 2.05) is 62.2 Å². The van der Waals surface area contributed by atoms with Crippen LogP contribution in [0.3, 0.4) is 0 Å². The minimum Gasteiger partial charge on any atom is -0.497 e. The Hall–Kier alpha value is -2.76. The van der Waals surface area contributed by atoms with Gasteiger partial charge in [0.2, 0.25) is 5.95 Å². The summed E-state index contributed by atoms with van der Waals surface area (Å²) in [6.07, 6.45) is 3.76. The number of imidazole rings is 2. The number of nitrogens with zero attached hydrogens (tertiary/aromatic N) is 4. The zero-order valence-corrected chi connectivity index (χ0v) is 13.9. The van der Waals surface area contributed by atoms with Gasteiger partial charge < -0.3 is 19.2 Å². The summed E-state index contributed by atoms with van der Waals surface area (Å²) in [7, 11) is 5.69. The van der Waals surface area contributed by atoms with Gasteiger partial charge in [0, 0.05) is 19.7 Å². The van der Waals surface area contributed by atoms with Crippen LogP contribution in [0.1, 0.15) is 11.5 Å². The van der Waals surface area contributed by atoms with Crippen molar-refractivity contribution in [3.63, 3.8) is 0 Å². The third kappa shape index (κ3) is 2.92. The standard InChI is InChI=1S/C17H21N5O/c1-12-18-9-14(21(12)2)10-19-17-20-11-16(22(17)3)13-5-7-15(23-4)8-6-13/h5-9,11H,10H2,1-4H3,(H,19,20). The molecule has 0 saturated heterocycles. The minimum atomic E-state index is 0.685. The van der Waals surface area contributed by atoms with Crippen LogP contribution in [0.2, 0.25) is 0 Å². The van der Waals surface area contributed by atoms with Gasteiger partial charge in [-0.2, -0.15) is 0 Å². The first kappa shape index (κ1) is 15.1. The molecule has 0 fully saturated rings. The van der Waals surface area contributed by atoms with Crippen molar-refractivity contribution in [3.05, 3.63) is 48.2 Å². The molecule has 23 heavy (non-hydrogen) atoms. The number of aryl methyl sites for hydroxylation is 1. The Bertz CT molecular complexity index is 801. The second kappa shape index (κ2) is 6.16. The molecule has 0 spiro atoms. The number of ether oxygens (including phenoxy) is 1. The predicted molar refractivity (Wildman–Crippen MR) is 90.5 cm³/mol. The molecular weight excluding hydrogens is 290 g/mol. The first-order valence-corrected chi connectivity index (χ1v) is 7.47. The normalized spacial score (nSPS) is 10.8. The second-order valence-electron chi connectivity index (χ2n) is 5.46. The Morgan fingerprint density at radius 1 is 1.04 bits per heavy atom.